The third kappa shape index (κ3) is 4.30. The number of rotatable bonds is 6. The fraction of sp³-hybridized carbons (Fsp3) is 0.241. The molecule has 1 saturated heterocycles. The van der Waals surface area contributed by atoms with Crippen LogP contribution in [0.15, 0.2) is 90.1 Å². The summed E-state index contributed by atoms with van der Waals surface area (Å²) in [6.45, 7) is 7.46. The standard InChI is InChI=1S/C29H27FN4O4/c1-16(22-13-31-9-10-32-22)14-33(4)26(18(3)30)28-25-17(2)27(35)21(29(36)37)15-34(25)23-11-19-7-5-6-8-20(19)12-24(23)38-28/h5-13,16,21H,2,14-15H2,1,3-4H3,(H,36,37)/b26-18-. The lowest BCUT2D eigenvalue weighted by Gasteiger charge is -2.41. The molecule has 38 heavy (non-hydrogen) atoms. The number of benzene rings is 2. The minimum absolute atomic E-state index is 0.0356. The molecular weight excluding hydrogens is 487 g/mol. The molecule has 194 valence electrons. The molecule has 1 N–H and O–H groups in total. The number of fused-ring (bicyclic) bond motifs is 4. The summed E-state index contributed by atoms with van der Waals surface area (Å²) < 4.78 is 21.7. The van der Waals surface area contributed by atoms with Crippen LogP contribution >= 0.6 is 0 Å². The number of ketones is 1. The quantitative estimate of drug-likeness (QED) is 0.370. The zero-order valence-corrected chi connectivity index (χ0v) is 21.3. The molecule has 5 rings (SSSR count). The molecule has 0 spiro atoms. The van der Waals surface area contributed by atoms with Gasteiger partial charge in [-0.3, -0.25) is 19.6 Å². The summed E-state index contributed by atoms with van der Waals surface area (Å²) in [4.78, 5) is 37.0. The highest BCUT2D eigenvalue weighted by Gasteiger charge is 2.44. The number of aromatic nitrogens is 2. The fourth-order valence-corrected chi connectivity index (χ4v) is 5.09. The van der Waals surface area contributed by atoms with Gasteiger partial charge in [-0.05, 0) is 29.8 Å². The molecule has 0 amide bonds. The summed E-state index contributed by atoms with van der Waals surface area (Å²) >= 11 is 0. The number of carbonyl (C=O) groups excluding carboxylic acids is 1. The topological polar surface area (TPSA) is 95.9 Å². The van der Waals surface area contributed by atoms with Gasteiger partial charge in [0.2, 0.25) is 0 Å². The second-order valence-corrected chi connectivity index (χ2v) is 9.59. The first-order valence-corrected chi connectivity index (χ1v) is 12.2. The van der Waals surface area contributed by atoms with E-state index in [-0.39, 0.29) is 35.2 Å². The van der Waals surface area contributed by atoms with Gasteiger partial charge in [0.25, 0.3) is 0 Å². The molecule has 1 aromatic heterocycles. The van der Waals surface area contributed by atoms with E-state index in [4.69, 9.17) is 4.74 Å². The van der Waals surface area contributed by atoms with Crippen molar-refractivity contribution >= 4 is 28.2 Å². The Morgan fingerprint density at radius 1 is 1.29 bits per heavy atom. The highest BCUT2D eigenvalue weighted by Crippen LogP contribution is 2.47. The molecule has 2 unspecified atom stereocenters. The lowest BCUT2D eigenvalue weighted by atomic mass is 9.88. The summed E-state index contributed by atoms with van der Waals surface area (Å²) in [7, 11) is 1.73. The van der Waals surface area contributed by atoms with Crippen molar-refractivity contribution in [1.82, 2.24) is 14.9 Å². The monoisotopic (exact) mass is 514 g/mol. The van der Waals surface area contributed by atoms with Crippen molar-refractivity contribution in [3.8, 4) is 5.75 Å². The van der Waals surface area contributed by atoms with Crippen molar-refractivity contribution < 1.29 is 23.8 Å². The SMILES string of the molecule is C=C1C(=O)C(C(=O)O)CN2C1=C(/C(=C(\C)F)N(C)CC(C)c1cnccn1)Oc1cc3ccccc3cc12. The Bertz CT molecular complexity index is 1530. The van der Waals surface area contributed by atoms with Crippen LogP contribution in [0.2, 0.25) is 0 Å². The highest BCUT2D eigenvalue weighted by atomic mass is 19.1. The van der Waals surface area contributed by atoms with Gasteiger partial charge in [0.1, 0.15) is 17.4 Å². The van der Waals surface area contributed by atoms with Gasteiger partial charge in [-0.25, -0.2) is 4.39 Å². The average molecular weight is 515 g/mol. The number of carboxylic acid groups (broad SMARTS) is 1. The molecule has 0 saturated carbocycles. The smallest absolute Gasteiger partial charge is 0.316 e. The minimum Gasteiger partial charge on any atom is -0.481 e. The van der Waals surface area contributed by atoms with Crippen LogP contribution in [0.5, 0.6) is 5.75 Å². The lowest BCUT2D eigenvalue weighted by Crippen LogP contribution is -2.47. The zero-order valence-electron chi connectivity index (χ0n) is 21.3. The molecule has 0 radical (unpaired) electrons. The molecule has 9 heteroatoms. The van der Waals surface area contributed by atoms with E-state index in [1.54, 1.807) is 35.4 Å². The van der Waals surface area contributed by atoms with E-state index in [0.717, 1.165) is 16.5 Å². The number of nitrogens with zero attached hydrogens (tertiary/aromatic N) is 4. The number of carbonyl (C=O) groups is 2. The lowest BCUT2D eigenvalue weighted by molar-refractivity contribution is -0.145. The van der Waals surface area contributed by atoms with Gasteiger partial charge in [-0.1, -0.05) is 37.8 Å². The molecular formula is C29H27FN4O4. The molecule has 2 aliphatic heterocycles. The van der Waals surface area contributed by atoms with Crippen molar-refractivity contribution in [2.24, 2.45) is 5.92 Å². The Morgan fingerprint density at radius 3 is 2.63 bits per heavy atom. The Morgan fingerprint density at radius 2 is 2.00 bits per heavy atom. The third-order valence-corrected chi connectivity index (χ3v) is 6.94. The first kappa shape index (κ1) is 25.1. The number of hydrogen-bond donors (Lipinski definition) is 1. The number of ether oxygens (including phenoxy) is 1. The van der Waals surface area contributed by atoms with Crippen molar-refractivity contribution in [2.75, 3.05) is 25.0 Å². The van der Waals surface area contributed by atoms with Crippen LogP contribution in [0.25, 0.3) is 10.8 Å². The van der Waals surface area contributed by atoms with Crippen LogP contribution in [0.3, 0.4) is 0 Å². The van der Waals surface area contributed by atoms with Crippen molar-refractivity contribution in [1.29, 1.82) is 0 Å². The van der Waals surface area contributed by atoms with Gasteiger partial charge in [0.15, 0.2) is 17.3 Å². The van der Waals surface area contributed by atoms with Crippen molar-refractivity contribution in [3.05, 3.63) is 95.8 Å². The Hall–Kier alpha value is -4.53. The van der Waals surface area contributed by atoms with E-state index in [2.05, 4.69) is 16.5 Å². The maximum absolute atomic E-state index is 15.3. The molecule has 3 heterocycles. The number of Topliss-reactive ketones (excluding diaryl/α,β-unsaturated/α-hetero) is 1. The molecule has 0 aliphatic carbocycles. The van der Waals surface area contributed by atoms with Gasteiger partial charge >= 0.3 is 5.97 Å². The second kappa shape index (κ2) is 9.74. The minimum atomic E-state index is -1.31. The number of anilines is 1. The molecule has 2 aromatic carbocycles. The summed E-state index contributed by atoms with van der Waals surface area (Å²) in [6.07, 6.45) is 4.86. The van der Waals surface area contributed by atoms with Crippen LogP contribution in [0, 0.1) is 5.92 Å². The Labute approximate surface area is 219 Å². The van der Waals surface area contributed by atoms with E-state index in [9.17, 15) is 14.7 Å². The van der Waals surface area contributed by atoms with Crippen molar-refractivity contribution in [3.63, 3.8) is 0 Å². The maximum atomic E-state index is 15.3. The van der Waals surface area contributed by atoms with Gasteiger partial charge < -0.3 is 19.6 Å². The van der Waals surface area contributed by atoms with Gasteiger partial charge in [-0.2, -0.15) is 0 Å². The summed E-state index contributed by atoms with van der Waals surface area (Å²) in [5, 5.41) is 11.6. The average Bonchev–Trinajstić information content (AvgIpc) is 2.89. The van der Waals surface area contributed by atoms with E-state index >= 15 is 4.39 Å². The molecule has 2 aliphatic rings. The van der Waals surface area contributed by atoms with Crippen LogP contribution in [0.1, 0.15) is 25.5 Å². The van der Waals surface area contributed by atoms with E-state index < -0.39 is 23.5 Å². The van der Waals surface area contributed by atoms with E-state index in [0.29, 0.717) is 18.0 Å². The summed E-state index contributed by atoms with van der Waals surface area (Å²) in [5.41, 5.74) is 1.71. The van der Waals surface area contributed by atoms with Gasteiger partial charge in [0.05, 0.1) is 17.1 Å². The number of halogens is 1. The zero-order chi connectivity index (χ0) is 27.1. The molecule has 1 fully saturated rings. The highest BCUT2D eigenvalue weighted by molar-refractivity contribution is 6.13. The summed E-state index contributed by atoms with van der Waals surface area (Å²) in [6, 6.07) is 11.4. The second-order valence-electron chi connectivity index (χ2n) is 9.59. The van der Waals surface area contributed by atoms with E-state index in [1.807, 2.05) is 43.3 Å². The number of carboxylic acids is 1. The van der Waals surface area contributed by atoms with Crippen LogP contribution in [0.4, 0.5) is 10.1 Å². The predicted octanol–water partition coefficient (Wildman–Crippen LogP) is 4.82. The van der Waals surface area contributed by atoms with Crippen molar-refractivity contribution in [2.45, 2.75) is 19.8 Å². The van der Waals surface area contributed by atoms with Crippen LogP contribution in [-0.4, -0.2) is 51.9 Å². The summed E-state index contributed by atoms with van der Waals surface area (Å²) in [5.74, 6) is -3.24. The molecule has 0 bridgehead atoms. The Kier molecular flexibility index (Phi) is 6.44. The van der Waals surface area contributed by atoms with Gasteiger partial charge in [0, 0.05) is 50.2 Å². The first-order chi connectivity index (χ1) is 18.2. The van der Waals surface area contributed by atoms with Crippen LogP contribution < -0.4 is 9.64 Å². The third-order valence-electron chi connectivity index (χ3n) is 6.94. The van der Waals surface area contributed by atoms with Gasteiger partial charge in [-0.15, -0.1) is 0 Å². The molecule has 3 aromatic rings. The maximum Gasteiger partial charge on any atom is 0.316 e. The van der Waals surface area contributed by atoms with Crippen LogP contribution in [-0.2, 0) is 9.59 Å². The largest absolute Gasteiger partial charge is 0.481 e. The number of hydrogen-bond acceptors (Lipinski definition) is 7. The number of piperidine rings is 1. The number of aliphatic carboxylic acids is 1. The predicted molar refractivity (Wildman–Crippen MR) is 141 cm³/mol. The van der Waals surface area contributed by atoms with E-state index in [1.165, 1.54) is 6.92 Å². The normalized spacial score (nSPS) is 18.4. The first-order valence-electron chi connectivity index (χ1n) is 12.2. The molecule has 8 nitrogen and oxygen atoms in total. The molecule has 2 atom stereocenters. The number of likely N-dealkylation sites (N-methyl/N-ethyl adjacent to an activating group) is 1. The fourth-order valence-electron chi connectivity index (χ4n) is 5.09. The number of allylic oxidation sites excluding steroid dienone is 2. The Balaban J connectivity index is 1.64.